The zero-order valence-electron chi connectivity index (χ0n) is 40.2. The van der Waals surface area contributed by atoms with Crippen LogP contribution >= 0.6 is 11.3 Å². The SMILES string of the molecule is CC1(COCCCCOCCN(CCOCCCCOCC2(C)COC2)c2ccc(N=Nc3nc(C4=CCCC=C4)c(/C=C/C4=C(C#N)C(=C(C#N)C#N)N(CC5(C)COC5)C4=O)s3)cc2)COC1. The quantitative estimate of drug-likeness (QED) is 0.0446. The van der Waals surface area contributed by atoms with Gasteiger partial charge in [0.15, 0.2) is 5.57 Å². The van der Waals surface area contributed by atoms with Crippen LogP contribution in [0.5, 0.6) is 0 Å². The van der Waals surface area contributed by atoms with Crippen LogP contribution in [-0.2, 0) is 38.0 Å². The first kappa shape index (κ1) is 51.5. The Morgan fingerprint density at radius 1 is 0.783 bits per heavy atom. The van der Waals surface area contributed by atoms with Gasteiger partial charge < -0.3 is 43.0 Å². The summed E-state index contributed by atoms with van der Waals surface area (Å²) < 4.78 is 39.9. The van der Waals surface area contributed by atoms with E-state index in [0.29, 0.717) is 74.1 Å². The highest BCUT2D eigenvalue weighted by molar-refractivity contribution is 7.16. The maximum absolute atomic E-state index is 14.0. The molecule has 0 radical (unpaired) electrons. The third-order valence-electron chi connectivity index (χ3n) is 12.4. The smallest absolute Gasteiger partial charge is 0.259 e. The van der Waals surface area contributed by atoms with Gasteiger partial charge in [-0.2, -0.15) is 15.8 Å². The average Bonchev–Trinajstić information content (AvgIpc) is 3.86. The lowest BCUT2D eigenvalue weighted by atomic mass is 9.88. The van der Waals surface area contributed by atoms with Crippen molar-refractivity contribution in [2.45, 2.75) is 59.3 Å². The van der Waals surface area contributed by atoms with E-state index in [4.69, 9.17) is 38.1 Å². The standard InChI is InChI=1S/C52H64N8O8S/c1-50(31-66-32-50)30-60-47(40(27-53)28-54)44(29-55)43(48(60)61)17-18-45-46(39-11-5-4-6-12-39)56-49(69-45)58-57-41-13-15-42(16-14-41)59(19-25-62-21-7-9-23-64-33-51(2)35-67-36-51)20-26-63-22-8-10-24-65-34-52(3)37-68-38-52/h5,11-18H,4,6-10,19-26,30-38H2,1-3H3/b18-17+,58-57?. The number of hydrogen-bond acceptors (Lipinski definition) is 16. The molecule has 7 rings (SSSR count). The second-order valence-corrected chi connectivity index (χ2v) is 20.3. The number of carbonyl (C=O) groups is 1. The molecule has 1 amide bonds. The van der Waals surface area contributed by atoms with Crippen molar-refractivity contribution in [3.8, 4) is 18.2 Å². The van der Waals surface area contributed by atoms with Crippen molar-refractivity contribution >= 4 is 45.4 Å². The summed E-state index contributed by atoms with van der Waals surface area (Å²) in [5, 5.41) is 39.4. The number of thiazole rings is 1. The second-order valence-electron chi connectivity index (χ2n) is 19.3. The molecule has 366 valence electrons. The molecule has 1 aliphatic carbocycles. The fourth-order valence-electron chi connectivity index (χ4n) is 8.26. The Labute approximate surface area is 410 Å². The van der Waals surface area contributed by atoms with Crippen LogP contribution in [0.2, 0.25) is 0 Å². The van der Waals surface area contributed by atoms with Crippen molar-refractivity contribution in [3.63, 3.8) is 0 Å². The number of benzene rings is 1. The maximum Gasteiger partial charge on any atom is 0.259 e. The summed E-state index contributed by atoms with van der Waals surface area (Å²) in [6.07, 6.45) is 15.1. The molecule has 1 aromatic heterocycles. The van der Waals surface area contributed by atoms with Crippen molar-refractivity contribution in [1.82, 2.24) is 9.88 Å². The lowest BCUT2D eigenvalue weighted by Crippen LogP contribution is -2.49. The third-order valence-corrected chi connectivity index (χ3v) is 13.3. The number of hydrogen-bond donors (Lipinski definition) is 0. The highest BCUT2D eigenvalue weighted by Gasteiger charge is 2.43. The Morgan fingerprint density at radius 2 is 1.36 bits per heavy atom. The molecular weight excluding hydrogens is 897 g/mol. The molecule has 0 saturated carbocycles. The van der Waals surface area contributed by atoms with E-state index in [1.54, 1.807) is 12.2 Å². The number of rotatable bonds is 28. The molecule has 5 heterocycles. The number of amides is 1. The van der Waals surface area contributed by atoms with Gasteiger partial charge in [0.1, 0.15) is 18.2 Å². The van der Waals surface area contributed by atoms with Crippen LogP contribution in [-0.4, -0.2) is 128 Å². The molecular formula is C52H64N8O8S. The first-order valence-electron chi connectivity index (χ1n) is 23.9. The van der Waals surface area contributed by atoms with E-state index in [9.17, 15) is 20.6 Å². The lowest BCUT2D eigenvalue weighted by molar-refractivity contribution is -0.138. The van der Waals surface area contributed by atoms with E-state index < -0.39 is 5.91 Å². The summed E-state index contributed by atoms with van der Waals surface area (Å²) >= 11 is 1.30. The van der Waals surface area contributed by atoms with Crippen molar-refractivity contribution in [2.75, 3.05) is 117 Å². The van der Waals surface area contributed by atoms with Gasteiger partial charge in [0.2, 0.25) is 5.13 Å². The molecule has 17 heteroatoms. The molecule has 0 unspecified atom stereocenters. The normalized spacial score (nSPS) is 19.0. The van der Waals surface area contributed by atoms with E-state index in [1.165, 1.54) is 16.2 Å². The monoisotopic (exact) mass is 960 g/mol. The number of carbonyl (C=O) groups excluding carboxylic acids is 1. The first-order chi connectivity index (χ1) is 33.5. The van der Waals surface area contributed by atoms with E-state index >= 15 is 0 Å². The Kier molecular flexibility index (Phi) is 18.6. The van der Waals surface area contributed by atoms with Crippen LogP contribution in [0.3, 0.4) is 0 Å². The number of anilines is 1. The van der Waals surface area contributed by atoms with Crippen LogP contribution in [0.15, 0.2) is 81.2 Å². The largest absolute Gasteiger partial charge is 0.381 e. The van der Waals surface area contributed by atoms with Gasteiger partial charge in [-0.15, -0.1) is 10.2 Å². The van der Waals surface area contributed by atoms with Crippen molar-refractivity contribution < 1.29 is 38.0 Å². The Balaban J connectivity index is 0.984. The van der Waals surface area contributed by atoms with Crippen LogP contribution in [0.1, 0.15) is 69.9 Å². The lowest BCUT2D eigenvalue weighted by Gasteiger charge is -2.41. The predicted molar refractivity (Wildman–Crippen MR) is 261 cm³/mol. The number of ether oxygens (including phenoxy) is 7. The number of azo groups is 1. The zero-order valence-corrected chi connectivity index (χ0v) is 41.0. The minimum Gasteiger partial charge on any atom is -0.381 e. The molecule has 0 bridgehead atoms. The number of allylic oxidation sites excluding steroid dienone is 6. The molecule has 0 spiro atoms. The number of unbranched alkanes of at least 4 members (excludes halogenated alkanes) is 2. The Hall–Kier alpha value is -5.39. The minimum absolute atomic E-state index is 0.0216. The summed E-state index contributed by atoms with van der Waals surface area (Å²) in [4.78, 5) is 23.2. The fraction of sp³-hybridized carbons (Fsp3) is 0.558. The van der Waals surface area contributed by atoms with Gasteiger partial charge in [0.05, 0.1) is 99.2 Å². The third kappa shape index (κ3) is 14.1. The molecule has 16 nitrogen and oxygen atoms in total. The van der Waals surface area contributed by atoms with Crippen LogP contribution in [0, 0.1) is 50.2 Å². The highest BCUT2D eigenvalue weighted by atomic mass is 32.1. The molecule has 5 aliphatic rings. The van der Waals surface area contributed by atoms with Crippen LogP contribution in [0.4, 0.5) is 16.5 Å². The molecule has 1 aromatic carbocycles. The molecule has 0 N–H and O–H groups in total. The van der Waals surface area contributed by atoms with Gasteiger partial charge in [-0.1, -0.05) is 50.3 Å². The molecule has 2 aromatic rings. The van der Waals surface area contributed by atoms with Crippen molar-refractivity contribution in [2.24, 2.45) is 26.5 Å². The van der Waals surface area contributed by atoms with Crippen LogP contribution < -0.4 is 4.90 Å². The van der Waals surface area contributed by atoms with E-state index in [0.717, 1.165) is 103 Å². The van der Waals surface area contributed by atoms with Gasteiger partial charge in [-0.05, 0) is 80.5 Å². The van der Waals surface area contributed by atoms with Gasteiger partial charge in [-0.25, -0.2) is 4.98 Å². The summed E-state index contributed by atoms with van der Waals surface area (Å²) in [5.74, 6) is -0.456. The molecule has 3 saturated heterocycles. The predicted octanol–water partition coefficient (Wildman–Crippen LogP) is 8.81. The summed E-state index contributed by atoms with van der Waals surface area (Å²) in [5.41, 5.74) is 3.01. The summed E-state index contributed by atoms with van der Waals surface area (Å²) in [6.45, 7) is 17.3. The summed E-state index contributed by atoms with van der Waals surface area (Å²) in [7, 11) is 0. The average molecular weight is 961 g/mol. The topological polar surface area (TPSA) is 197 Å². The number of aromatic nitrogens is 1. The van der Waals surface area contributed by atoms with Crippen LogP contribution in [0.25, 0.3) is 11.6 Å². The van der Waals surface area contributed by atoms with E-state index in [2.05, 4.69) is 47.2 Å². The molecule has 4 aliphatic heterocycles. The highest BCUT2D eigenvalue weighted by Crippen LogP contribution is 2.39. The van der Waals surface area contributed by atoms with Gasteiger partial charge >= 0.3 is 0 Å². The molecule has 0 atom stereocenters. The maximum atomic E-state index is 14.0. The first-order valence-corrected chi connectivity index (χ1v) is 24.7. The Bertz CT molecular complexity index is 2350. The zero-order chi connectivity index (χ0) is 48.5. The van der Waals surface area contributed by atoms with Gasteiger partial charge in [0, 0.05) is 68.0 Å². The molecule has 69 heavy (non-hydrogen) atoms. The van der Waals surface area contributed by atoms with Crippen molar-refractivity contribution in [1.29, 1.82) is 15.8 Å². The number of nitriles is 3. The summed E-state index contributed by atoms with van der Waals surface area (Å²) in [6, 6.07) is 13.8. The fourth-order valence-corrected chi connectivity index (χ4v) is 9.07. The number of nitrogens with zero attached hydrogens (tertiary/aromatic N) is 8. The van der Waals surface area contributed by atoms with E-state index in [-0.39, 0.29) is 45.2 Å². The van der Waals surface area contributed by atoms with Crippen molar-refractivity contribution in [3.05, 3.63) is 81.6 Å². The minimum atomic E-state index is -0.456. The second kappa shape index (κ2) is 24.9. The Morgan fingerprint density at radius 3 is 1.87 bits per heavy atom. The van der Waals surface area contributed by atoms with E-state index in [1.807, 2.05) is 49.4 Å². The molecule has 3 fully saturated rings. The van der Waals surface area contributed by atoms with Gasteiger partial charge in [-0.3, -0.25) is 4.79 Å². The van der Waals surface area contributed by atoms with Gasteiger partial charge in [0.25, 0.3) is 5.91 Å².